The number of hydrogen-bond donors (Lipinski definition) is 1. The molecule has 0 aliphatic carbocycles. The van der Waals surface area contributed by atoms with Gasteiger partial charge in [-0.25, -0.2) is 0 Å². The molecule has 0 aromatic heterocycles. The summed E-state index contributed by atoms with van der Waals surface area (Å²) >= 11 is 0. The molecule has 0 fully saturated rings. The molecule has 0 bridgehead atoms. The minimum atomic E-state index is -0.627. The number of fused-ring (bicyclic) bond motifs is 1. The summed E-state index contributed by atoms with van der Waals surface area (Å²) in [4.78, 5) is 22.6. The van der Waals surface area contributed by atoms with Gasteiger partial charge in [-0.2, -0.15) is 5.26 Å². The van der Waals surface area contributed by atoms with Gasteiger partial charge in [0, 0.05) is 24.2 Å². The zero-order chi connectivity index (χ0) is 18.7. The van der Waals surface area contributed by atoms with Crippen LogP contribution in [0.4, 0.5) is 11.4 Å². The van der Waals surface area contributed by atoms with Crippen molar-refractivity contribution in [2.45, 2.75) is 19.4 Å². The Hall–Kier alpha value is -3.66. The number of hydrogen-bond acceptors (Lipinski definition) is 5. The van der Waals surface area contributed by atoms with Crippen LogP contribution in [0.1, 0.15) is 18.1 Å². The highest BCUT2D eigenvalue weighted by Gasteiger charge is 2.19. The fourth-order valence-electron chi connectivity index (χ4n) is 2.74. The smallest absolute Gasteiger partial charge is 0.271 e. The number of anilines is 1. The monoisotopic (exact) mass is 349 g/mol. The van der Waals surface area contributed by atoms with E-state index < -0.39 is 10.8 Å². The van der Waals surface area contributed by atoms with E-state index in [4.69, 9.17) is 4.74 Å². The number of rotatable bonds is 4. The van der Waals surface area contributed by atoms with Crippen LogP contribution in [-0.4, -0.2) is 16.9 Å². The molecule has 0 unspecified atom stereocenters. The summed E-state index contributed by atoms with van der Waals surface area (Å²) in [6, 6.07) is 12.9. The van der Waals surface area contributed by atoms with E-state index in [1.165, 1.54) is 30.3 Å². The van der Waals surface area contributed by atoms with Crippen molar-refractivity contribution in [1.29, 1.82) is 5.26 Å². The lowest BCUT2D eigenvalue weighted by atomic mass is 10.0. The maximum atomic E-state index is 12.3. The first-order valence-electron chi connectivity index (χ1n) is 7.93. The number of benzene rings is 2. The Kier molecular flexibility index (Phi) is 4.67. The Balaban J connectivity index is 1.80. The predicted molar refractivity (Wildman–Crippen MR) is 95.6 cm³/mol. The van der Waals surface area contributed by atoms with Gasteiger partial charge in [-0.3, -0.25) is 14.9 Å². The topological polar surface area (TPSA) is 105 Å². The summed E-state index contributed by atoms with van der Waals surface area (Å²) in [6.07, 6.45) is 2.37. The average Bonchev–Trinajstić information content (AvgIpc) is 2.99. The number of nitrogens with zero attached hydrogens (tertiary/aromatic N) is 2. The van der Waals surface area contributed by atoms with E-state index in [0.717, 1.165) is 17.7 Å². The van der Waals surface area contributed by atoms with Gasteiger partial charge in [-0.15, -0.1) is 0 Å². The summed E-state index contributed by atoms with van der Waals surface area (Å²) in [6.45, 7) is 1.97. The first-order chi connectivity index (χ1) is 12.5. The molecule has 1 atom stereocenters. The van der Waals surface area contributed by atoms with Gasteiger partial charge in [0.1, 0.15) is 23.5 Å². The number of carbonyl (C=O) groups is 1. The Bertz CT molecular complexity index is 959. The van der Waals surface area contributed by atoms with Crippen molar-refractivity contribution in [3.05, 3.63) is 69.3 Å². The Labute approximate surface area is 149 Å². The first kappa shape index (κ1) is 17.2. The van der Waals surface area contributed by atoms with Crippen molar-refractivity contribution in [1.82, 2.24) is 0 Å². The van der Waals surface area contributed by atoms with Crippen molar-refractivity contribution >= 4 is 23.4 Å². The second-order valence-corrected chi connectivity index (χ2v) is 5.93. The van der Waals surface area contributed by atoms with E-state index in [0.29, 0.717) is 5.56 Å². The van der Waals surface area contributed by atoms with Gasteiger partial charge in [0.25, 0.3) is 11.6 Å². The van der Waals surface area contributed by atoms with Gasteiger partial charge in [-0.1, -0.05) is 12.1 Å². The van der Waals surface area contributed by atoms with Crippen molar-refractivity contribution in [3.63, 3.8) is 0 Å². The van der Waals surface area contributed by atoms with Crippen LogP contribution >= 0.6 is 0 Å². The Morgan fingerprint density at radius 2 is 2.19 bits per heavy atom. The number of amides is 1. The van der Waals surface area contributed by atoms with Crippen LogP contribution in [-0.2, 0) is 11.2 Å². The van der Waals surface area contributed by atoms with Crippen LogP contribution in [0.5, 0.6) is 5.75 Å². The third-order valence-electron chi connectivity index (χ3n) is 3.91. The molecule has 0 saturated heterocycles. The van der Waals surface area contributed by atoms with Crippen molar-refractivity contribution in [2.75, 3.05) is 5.32 Å². The van der Waals surface area contributed by atoms with Gasteiger partial charge in [0.15, 0.2) is 0 Å². The summed E-state index contributed by atoms with van der Waals surface area (Å²) in [5.74, 6) is 0.187. The van der Waals surface area contributed by atoms with Crippen molar-refractivity contribution < 1.29 is 14.5 Å². The maximum Gasteiger partial charge on any atom is 0.271 e. The van der Waals surface area contributed by atoms with E-state index in [9.17, 15) is 20.2 Å². The zero-order valence-electron chi connectivity index (χ0n) is 13.9. The third-order valence-corrected chi connectivity index (χ3v) is 3.91. The summed E-state index contributed by atoms with van der Waals surface area (Å²) in [7, 11) is 0. The van der Waals surface area contributed by atoms with Crippen molar-refractivity contribution in [3.8, 4) is 11.8 Å². The minimum absolute atomic E-state index is 0.0941. The molecule has 7 nitrogen and oxygen atoms in total. The molecule has 1 aliphatic heterocycles. The molecule has 2 aromatic carbocycles. The van der Waals surface area contributed by atoms with Crippen LogP contribution in [0.25, 0.3) is 6.08 Å². The standard InChI is InChI=1S/C19H15N3O4/c1-12-7-14-8-13(5-6-18(14)26-12)9-15(11-20)19(23)21-16-3-2-4-17(10-16)22(24)25/h2-6,8-10,12H,7H2,1H3,(H,21,23)/b15-9-/t12-/m1/s1. The lowest BCUT2D eigenvalue weighted by molar-refractivity contribution is -0.384. The molecule has 26 heavy (non-hydrogen) atoms. The number of nitro groups is 1. The highest BCUT2D eigenvalue weighted by atomic mass is 16.6. The Morgan fingerprint density at radius 1 is 1.38 bits per heavy atom. The van der Waals surface area contributed by atoms with Crippen LogP contribution in [0.15, 0.2) is 48.0 Å². The molecule has 1 N–H and O–H groups in total. The maximum absolute atomic E-state index is 12.3. The second-order valence-electron chi connectivity index (χ2n) is 5.93. The largest absolute Gasteiger partial charge is 0.490 e. The number of nitrogens with one attached hydrogen (secondary N) is 1. The van der Waals surface area contributed by atoms with Gasteiger partial charge in [0.05, 0.1) is 4.92 Å². The second kappa shape index (κ2) is 7.07. The molecule has 1 heterocycles. The van der Waals surface area contributed by atoms with Gasteiger partial charge in [-0.05, 0) is 42.3 Å². The molecule has 0 saturated carbocycles. The molecule has 0 radical (unpaired) electrons. The molecule has 0 spiro atoms. The van der Waals surface area contributed by atoms with Gasteiger partial charge < -0.3 is 10.1 Å². The highest BCUT2D eigenvalue weighted by Crippen LogP contribution is 2.30. The van der Waals surface area contributed by atoms with E-state index in [2.05, 4.69) is 5.32 Å². The molecule has 2 aromatic rings. The summed E-state index contributed by atoms with van der Waals surface area (Å²) in [5.41, 5.74) is 1.76. The fraction of sp³-hybridized carbons (Fsp3) is 0.158. The molecule has 7 heteroatoms. The normalized spacial score (nSPS) is 15.5. The number of nitro benzene ring substituents is 1. The molecule has 1 aliphatic rings. The van der Waals surface area contributed by atoms with Crippen LogP contribution < -0.4 is 10.1 Å². The van der Waals surface area contributed by atoms with Crippen molar-refractivity contribution in [2.24, 2.45) is 0 Å². The molecular formula is C19H15N3O4. The summed E-state index contributed by atoms with van der Waals surface area (Å²) < 4.78 is 5.63. The highest BCUT2D eigenvalue weighted by molar-refractivity contribution is 6.09. The van der Waals surface area contributed by atoms with E-state index in [-0.39, 0.29) is 23.1 Å². The minimum Gasteiger partial charge on any atom is -0.490 e. The van der Waals surface area contributed by atoms with Crippen LogP contribution in [0.3, 0.4) is 0 Å². The van der Waals surface area contributed by atoms with Gasteiger partial charge in [0.2, 0.25) is 0 Å². The zero-order valence-corrected chi connectivity index (χ0v) is 13.9. The molecule has 1 amide bonds. The molecule has 3 rings (SSSR count). The molecule has 130 valence electrons. The Morgan fingerprint density at radius 3 is 2.92 bits per heavy atom. The summed E-state index contributed by atoms with van der Waals surface area (Å²) in [5, 5.41) is 22.6. The quantitative estimate of drug-likeness (QED) is 0.394. The number of ether oxygens (including phenoxy) is 1. The number of carbonyl (C=O) groups excluding carboxylic acids is 1. The van der Waals surface area contributed by atoms with E-state index >= 15 is 0 Å². The van der Waals surface area contributed by atoms with Crippen LogP contribution in [0, 0.1) is 21.4 Å². The van der Waals surface area contributed by atoms with Crippen LogP contribution in [0.2, 0.25) is 0 Å². The van der Waals surface area contributed by atoms with E-state index in [1.54, 1.807) is 6.07 Å². The average molecular weight is 349 g/mol. The van der Waals surface area contributed by atoms with E-state index in [1.807, 2.05) is 25.1 Å². The number of non-ortho nitro benzene ring substituents is 1. The predicted octanol–water partition coefficient (Wildman–Crippen LogP) is 3.46. The fourth-order valence-corrected chi connectivity index (χ4v) is 2.74. The third kappa shape index (κ3) is 3.70. The lowest BCUT2D eigenvalue weighted by Gasteiger charge is -2.05. The van der Waals surface area contributed by atoms with Gasteiger partial charge >= 0.3 is 0 Å². The molecular weight excluding hydrogens is 334 g/mol. The SMILES string of the molecule is C[C@@H]1Cc2cc(/C=C(/C#N)C(=O)Nc3cccc([N+](=O)[O-])c3)ccc2O1. The number of nitriles is 1. The lowest BCUT2D eigenvalue weighted by Crippen LogP contribution is -2.13. The first-order valence-corrected chi connectivity index (χ1v) is 7.93.